The van der Waals surface area contributed by atoms with Gasteiger partial charge in [0.25, 0.3) is 5.56 Å². The number of rotatable bonds is 3. The minimum absolute atomic E-state index is 0.131. The number of benzene rings is 1. The lowest BCUT2D eigenvalue weighted by Crippen LogP contribution is -2.37. The van der Waals surface area contributed by atoms with Gasteiger partial charge in [-0.3, -0.25) is 13.9 Å². The highest BCUT2D eigenvalue weighted by Crippen LogP contribution is 2.23. The summed E-state index contributed by atoms with van der Waals surface area (Å²) in [5.41, 5.74) is 0.0679. The molecule has 3 aromatic rings. The van der Waals surface area contributed by atoms with E-state index in [2.05, 4.69) is 10.3 Å². The molecule has 8 heteroatoms. The Morgan fingerprint density at radius 1 is 1.12 bits per heavy atom. The molecule has 0 saturated carbocycles. The van der Waals surface area contributed by atoms with Gasteiger partial charge in [0.2, 0.25) is 0 Å². The molecule has 3 rings (SSSR count). The summed E-state index contributed by atoms with van der Waals surface area (Å²) in [5.74, 6) is -1.35. The van der Waals surface area contributed by atoms with E-state index in [0.717, 1.165) is 4.57 Å². The van der Waals surface area contributed by atoms with Gasteiger partial charge in [-0.1, -0.05) is 6.07 Å². The second kappa shape index (κ2) is 6.12. The molecule has 0 spiro atoms. The smallest absolute Gasteiger partial charge is 0.332 e. The Morgan fingerprint density at radius 2 is 1.76 bits per heavy atom. The molecule has 2 heterocycles. The van der Waals surface area contributed by atoms with Gasteiger partial charge >= 0.3 is 5.69 Å². The van der Waals surface area contributed by atoms with Crippen LogP contribution in [0.15, 0.2) is 34.0 Å². The fourth-order valence-corrected chi connectivity index (χ4v) is 2.73. The van der Waals surface area contributed by atoms with Crippen LogP contribution in [0.3, 0.4) is 0 Å². The van der Waals surface area contributed by atoms with Gasteiger partial charge < -0.3 is 5.32 Å². The van der Waals surface area contributed by atoms with Gasteiger partial charge in [0.05, 0.1) is 5.69 Å². The fourth-order valence-electron chi connectivity index (χ4n) is 2.73. The Bertz CT molecular complexity index is 1080. The molecule has 0 bridgehead atoms. The van der Waals surface area contributed by atoms with Crippen molar-refractivity contribution in [2.45, 2.75) is 13.5 Å². The van der Waals surface area contributed by atoms with Crippen molar-refractivity contribution in [2.75, 3.05) is 5.32 Å². The first kappa shape index (κ1) is 16.8. The van der Waals surface area contributed by atoms with Gasteiger partial charge in [-0.25, -0.2) is 18.6 Å². The molecule has 130 valence electrons. The maximum atomic E-state index is 13.8. The van der Waals surface area contributed by atoms with Crippen molar-refractivity contribution in [3.05, 3.63) is 68.0 Å². The minimum Gasteiger partial charge on any atom is -0.380 e. The molecule has 0 fully saturated rings. The summed E-state index contributed by atoms with van der Waals surface area (Å²) in [4.78, 5) is 28.7. The summed E-state index contributed by atoms with van der Waals surface area (Å²) < 4.78 is 29.9. The standard InChI is InChI=1S/C17H16F2N4O2/c1-9-7-21-15-13(16(24)23(3)17(25)22(15)2)14(9)20-8-10-11(18)5-4-6-12(10)19/h4-7H,8H2,1-3H3,(H,20,21). The largest absolute Gasteiger partial charge is 0.380 e. The summed E-state index contributed by atoms with van der Waals surface area (Å²) in [5, 5.41) is 3.12. The summed E-state index contributed by atoms with van der Waals surface area (Å²) in [6.07, 6.45) is 1.50. The number of hydrogen-bond donors (Lipinski definition) is 1. The molecule has 0 atom stereocenters. The van der Waals surface area contributed by atoms with Crippen molar-refractivity contribution in [3.63, 3.8) is 0 Å². The van der Waals surface area contributed by atoms with E-state index in [0.29, 0.717) is 11.3 Å². The first-order valence-electron chi connectivity index (χ1n) is 7.55. The van der Waals surface area contributed by atoms with Gasteiger partial charge in [-0.2, -0.15) is 0 Å². The molecule has 0 aliphatic heterocycles. The van der Waals surface area contributed by atoms with Crippen LogP contribution < -0.4 is 16.6 Å². The molecule has 0 aliphatic rings. The zero-order valence-corrected chi connectivity index (χ0v) is 13.9. The molecular formula is C17H16F2N4O2. The van der Waals surface area contributed by atoms with Crippen LogP contribution in [0.1, 0.15) is 11.1 Å². The van der Waals surface area contributed by atoms with Gasteiger partial charge in [0.15, 0.2) is 5.65 Å². The number of fused-ring (bicyclic) bond motifs is 1. The van der Waals surface area contributed by atoms with Crippen LogP contribution in [-0.4, -0.2) is 14.1 Å². The molecule has 0 radical (unpaired) electrons. The Labute approximate surface area is 141 Å². The maximum absolute atomic E-state index is 13.8. The van der Waals surface area contributed by atoms with E-state index in [1.54, 1.807) is 6.92 Å². The summed E-state index contributed by atoms with van der Waals surface area (Å²) in [6, 6.07) is 3.62. The summed E-state index contributed by atoms with van der Waals surface area (Å²) in [6.45, 7) is 1.57. The van der Waals surface area contributed by atoms with Gasteiger partial charge in [0.1, 0.15) is 17.0 Å². The lowest BCUT2D eigenvalue weighted by Gasteiger charge is -2.15. The third-order valence-corrected chi connectivity index (χ3v) is 4.16. The molecule has 1 N–H and O–H groups in total. The average Bonchev–Trinajstić information content (AvgIpc) is 2.58. The van der Waals surface area contributed by atoms with Crippen LogP contribution in [-0.2, 0) is 20.6 Å². The summed E-state index contributed by atoms with van der Waals surface area (Å²) in [7, 11) is 2.87. The van der Waals surface area contributed by atoms with Crippen molar-refractivity contribution in [1.29, 1.82) is 0 Å². The maximum Gasteiger partial charge on any atom is 0.332 e. The van der Waals surface area contributed by atoms with Gasteiger partial charge in [0, 0.05) is 32.4 Å². The Morgan fingerprint density at radius 3 is 2.40 bits per heavy atom. The van der Waals surface area contributed by atoms with Gasteiger partial charge in [-0.05, 0) is 24.6 Å². The third-order valence-electron chi connectivity index (χ3n) is 4.16. The molecular weight excluding hydrogens is 330 g/mol. The normalized spacial score (nSPS) is 11.1. The molecule has 0 aliphatic carbocycles. The van der Waals surface area contributed by atoms with Crippen molar-refractivity contribution >= 4 is 16.7 Å². The molecule has 6 nitrogen and oxygen atoms in total. The van der Waals surface area contributed by atoms with Crippen LogP contribution in [0, 0.1) is 18.6 Å². The number of nitrogens with zero attached hydrogens (tertiary/aromatic N) is 3. The van der Waals surface area contributed by atoms with Crippen LogP contribution in [0.4, 0.5) is 14.5 Å². The molecule has 2 aromatic heterocycles. The van der Waals surface area contributed by atoms with Crippen LogP contribution >= 0.6 is 0 Å². The van der Waals surface area contributed by atoms with E-state index in [-0.39, 0.29) is 23.1 Å². The molecule has 0 saturated heterocycles. The number of pyridine rings is 1. The van der Waals surface area contributed by atoms with Crippen molar-refractivity contribution in [2.24, 2.45) is 14.1 Å². The Kier molecular flexibility index (Phi) is 4.12. The highest BCUT2D eigenvalue weighted by Gasteiger charge is 2.16. The van der Waals surface area contributed by atoms with Crippen LogP contribution in [0.2, 0.25) is 0 Å². The number of halogens is 2. The van der Waals surface area contributed by atoms with E-state index in [9.17, 15) is 18.4 Å². The monoisotopic (exact) mass is 346 g/mol. The molecule has 0 unspecified atom stereocenters. The highest BCUT2D eigenvalue weighted by molar-refractivity contribution is 5.89. The first-order chi connectivity index (χ1) is 11.8. The molecule has 1 aromatic carbocycles. The van der Waals surface area contributed by atoms with E-state index in [1.165, 1.54) is 43.1 Å². The minimum atomic E-state index is -0.677. The van der Waals surface area contributed by atoms with Crippen molar-refractivity contribution in [1.82, 2.24) is 14.1 Å². The zero-order valence-electron chi connectivity index (χ0n) is 13.9. The number of anilines is 1. The lowest BCUT2D eigenvalue weighted by molar-refractivity contribution is 0.560. The van der Waals surface area contributed by atoms with E-state index < -0.39 is 22.9 Å². The molecule has 0 amide bonds. The van der Waals surface area contributed by atoms with Crippen molar-refractivity contribution < 1.29 is 8.78 Å². The van der Waals surface area contributed by atoms with Gasteiger partial charge in [-0.15, -0.1) is 0 Å². The Balaban J connectivity index is 2.18. The predicted octanol–water partition coefficient (Wildman–Crippen LogP) is 1.83. The number of nitrogens with one attached hydrogen (secondary N) is 1. The number of aryl methyl sites for hydroxylation is 2. The van der Waals surface area contributed by atoms with E-state index in [4.69, 9.17) is 0 Å². The lowest BCUT2D eigenvalue weighted by atomic mass is 10.1. The molecule has 25 heavy (non-hydrogen) atoms. The zero-order chi connectivity index (χ0) is 18.3. The average molecular weight is 346 g/mol. The van der Waals surface area contributed by atoms with Crippen molar-refractivity contribution in [3.8, 4) is 0 Å². The van der Waals surface area contributed by atoms with E-state index in [1.807, 2.05) is 0 Å². The quantitative estimate of drug-likeness (QED) is 0.786. The number of aromatic nitrogens is 3. The number of hydrogen-bond acceptors (Lipinski definition) is 4. The van der Waals surface area contributed by atoms with E-state index >= 15 is 0 Å². The predicted molar refractivity (Wildman–Crippen MR) is 90.6 cm³/mol. The van der Waals surface area contributed by atoms with Crippen LogP contribution in [0.25, 0.3) is 11.0 Å². The highest BCUT2D eigenvalue weighted by atomic mass is 19.1. The van der Waals surface area contributed by atoms with Crippen LogP contribution in [0.5, 0.6) is 0 Å². The fraction of sp³-hybridized carbons (Fsp3) is 0.235. The first-order valence-corrected chi connectivity index (χ1v) is 7.55. The topological polar surface area (TPSA) is 68.9 Å². The summed E-state index contributed by atoms with van der Waals surface area (Å²) >= 11 is 0. The SMILES string of the molecule is Cc1cnc2c(c1NCc1c(F)cccc1F)c(=O)n(C)c(=O)n2C. The second-order valence-corrected chi connectivity index (χ2v) is 5.77. The Hall–Kier alpha value is -3.03. The second-order valence-electron chi connectivity index (χ2n) is 5.77. The third kappa shape index (κ3) is 2.69.